The predicted molar refractivity (Wildman–Crippen MR) is 81.4 cm³/mol. The Hall–Kier alpha value is -2.67. The molecule has 0 aliphatic heterocycles. The number of benzene rings is 1. The van der Waals surface area contributed by atoms with Crippen molar-refractivity contribution in [2.75, 3.05) is 11.9 Å². The summed E-state index contributed by atoms with van der Waals surface area (Å²) >= 11 is 1.33. The Morgan fingerprint density at radius 3 is 3.00 bits per heavy atom. The maximum Gasteiger partial charge on any atom is 0.261 e. The molecule has 7 heteroatoms. The van der Waals surface area contributed by atoms with Crippen molar-refractivity contribution in [1.29, 1.82) is 0 Å². The van der Waals surface area contributed by atoms with E-state index in [1.165, 1.54) is 11.3 Å². The summed E-state index contributed by atoms with van der Waals surface area (Å²) in [4.78, 5) is 24.1. The molecule has 0 radical (unpaired) electrons. The molecule has 0 saturated heterocycles. The lowest BCUT2D eigenvalue weighted by atomic mass is 10.2. The molecule has 3 rings (SSSR count). The van der Waals surface area contributed by atoms with E-state index in [1.807, 2.05) is 17.5 Å². The number of nitrogens with zero attached hydrogens (tertiary/aromatic N) is 1. The molecule has 6 nitrogen and oxygen atoms in total. The van der Waals surface area contributed by atoms with Crippen LogP contribution < -0.4 is 10.6 Å². The molecule has 0 aliphatic carbocycles. The lowest BCUT2D eigenvalue weighted by Crippen LogP contribution is -2.32. The minimum Gasteiger partial charge on any atom is -0.342 e. The smallest absolute Gasteiger partial charge is 0.261 e. The fraction of sp³-hybridized carbons (Fsp3) is 0.0714. The number of hydrogen-bond donors (Lipinski definition) is 3. The molecule has 2 heterocycles. The van der Waals surface area contributed by atoms with E-state index < -0.39 is 0 Å². The molecule has 2 amide bonds. The second kappa shape index (κ2) is 5.76. The molecule has 1 aromatic carbocycles. The minimum atomic E-state index is -0.275. The Morgan fingerprint density at radius 2 is 2.19 bits per heavy atom. The van der Waals surface area contributed by atoms with Crippen LogP contribution in [0.1, 0.15) is 9.67 Å². The van der Waals surface area contributed by atoms with Crippen molar-refractivity contribution >= 4 is 39.7 Å². The van der Waals surface area contributed by atoms with Gasteiger partial charge in [-0.15, -0.1) is 11.3 Å². The van der Waals surface area contributed by atoms with Crippen LogP contribution in [0, 0.1) is 0 Å². The topological polar surface area (TPSA) is 86.9 Å². The van der Waals surface area contributed by atoms with Crippen LogP contribution in [0.15, 0.2) is 41.9 Å². The number of nitrogens with one attached hydrogen (secondary N) is 3. The molecule has 21 heavy (non-hydrogen) atoms. The van der Waals surface area contributed by atoms with Gasteiger partial charge in [-0.3, -0.25) is 14.7 Å². The first kappa shape index (κ1) is 13.3. The molecule has 3 aromatic rings. The molecule has 0 aliphatic rings. The summed E-state index contributed by atoms with van der Waals surface area (Å²) in [5, 5.41) is 14.8. The number of aromatic nitrogens is 2. The highest BCUT2D eigenvalue weighted by atomic mass is 32.1. The van der Waals surface area contributed by atoms with E-state index in [1.54, 1.807) is 24.4 Å². The van der Waals surface area contributed by atoms with Gasteiger partial charge in [0.25, 0.3) is 5.91 Å². The molecule has 0 unspecified atom stereocenters. The molecule has 0 saturated carbocycles. The van der Waals surface area contributed by atoms with Gasteiger partial charge in [0.2, 0.25) is 5.91 Å². The molecule has 106 valence electrons. The van der Waals surface area contributed by atoms with E-state index in [2.05, 4.69) is 20.8 Å². The number of amides is 2. The van der Waals surface area contributed by atoms with Gasteiger partial charge in [-0.1, -0.05) is 6.07 Å². The van der Waals surface area contributed by atoms with Gasteiger partial charge in [0.1, 0.15) is 0 Å². The minimum absolute atomic E-state index is 0.0693. The van der Waals surface area contributed by atoms with Crippen LogP contribution in [0.2, 0.25) is 0 Å². The second-order valence-corrected chi connectivity index (χ2v) is 5.33. The van der Waals surface area contributed by atoms with Crippen LogP contribution in [0.4, 0.5) is 5.69 Å². The molecule has 0 atom stereocenters. The third-order valence-electron chi connectivity index (χ3n) is 2.88. The highest BCUT2D eigenvalue weighted by Crippen LogP contribution is 2.16. The standard InChI is InChI=1S/C14H12N4O2S/c19-13(8-15-14(20)12-2-1-5-21-12)17-10-3-4-11-9(6-10)7-16-18-11/h1-7H,8H2,(H,15,20)(H,16,18)(H,17,19). The quantitative estimate of drug-likeness (QED) is 0.688. The number of hydrogen-bond acceptors (Lipinski definition) is 4. The third kappa shape index (κ3) is 3.09. The highest BCUT2D eigenvalue weighted by molar-refractivity contribution is 7.12. The van der Waals surface area contributed by atoms with E-state index in [0.29, 0.717) is 10.6 Å². The number of thiophene rings is 1. The van der Waals surface area contributed by atoms with Gasteiger partial charge in [-0.25, -0.2) is 0 Å². The van der Waals surface area contributed by atoms with E-state index in [-0.39, 0.29) is 18.4 Å². The SMILES string of the molecule is O=C(CNC(=O)c1cccs1)Nc1ccc2[nH]ncc2c1. The fourth-order valence-corrected chi connectivity index (χ4v) is 2.52. The zero-order valence-electron chi connectivity index (χ0n) is 10.9. The molecule has 0 spiro atoms. The van der Waals surface area contributed by atoms with E-state index in [4.69, 9.17) is 0 Å². The molecule has 0 fully saturated rings. The van der Waals surface area contributed by atoms with Gasteiger partial charge in [0, 0.05) is 11.1 Å². The van der Waals surface area contributed by atoms with Crippen LogP contribution in [0.5, 0.6) is 0 Å². The first-order valence-corrected chi connectivity index (χ1v) is 7.15. The van der Waals surface area contributed by atoms with Gasteiger partial charge < -0.3 is 10.6 Å². The van der Waals surface area contributed by atoms with Gasteiger partial charge in [-0.05, 0) is 29.6 Å². The molecular weight excluding hydrogens is 288 g/mol. The van der Waals surface area contributed by atoms with Crippen molar-refractivity contribution in [3.63, 3.8) is 0 Å². The number of anilines is 1. The Morgan fingerprint density at radius 1 is 1.29 bits per heavy atom. The Balaban J connectivity index is 1.57. The molecule has 3 N–H and O–H groups in total. The fourth-order valence-electron chi connectivity index (χ4n) is 1.88. The number of aromatic amines is 1. The van der Waals surface area contributed by atoms with Crippen molar-refractivity contribution in [3.8, 4) is 0 Å². The number of fused-ring (bicyclic) bond motifs is 1. The van der Waals surface area contributed by atoms with Crippen molar-refractivity contribution in [1.82, 2.24) is 15.5 Å². The van der Waals surface area contributed by atoms with Gasteiger partial charge >= 0.3 is 0 Å². The van der Waals surface area contributed by atoms with Gasteiger partial charge in [-0.2, -0.15) is 5.10 Å². The van der Waals surface area contributed by atoms with E-state index >= 15 is 0 Å². The number of carbonyl (C=O) groups is 2. The number of carbonyl (C=O) groups excluding carboxylic acids is 2. The van der Waals surface area contributed by atoms with Gasteiger partial charge in [0.15, 0.2) is 0 Å². The summed E-state index contributed by atoms with van der Waals surface area (Å²) in [7, 11) is 0. The van der Waals surface area contributed by atoms with Crippen LogP contribution in [-0.2, 0) is 4.79 Å². The van der Waals surface area contributed by atoms with E-state index in [0.717, 1.165) is 10.9 Å². The molecule has 2 aromatic heterocycles. The first-order chi connectivity index (χ1) is 10.2. The highest BCUT2D eigenvalue weighted by Gasteiger charge is 2.09. The molecule has 0 bridgehead atoms. The summed E-state index contributed by atoms with van der Waals surface area (Å²) in [5.74, 6) is -0.520. The summed E-state index contributed by atoms with van der Waals surface area (Å²) in [6.07, 6.45) is 1.68. The van der Waals surface area contributed by atoms with Crippen LogP contribution in [0.25, 0.3) is 10.9 Å². The third-order valence-corrected chi connectivity index (χ3v) is 3.75. The summed E-state index contributed by atoms with van der Waals surface area (Å²) in [6.45, 7) is -0.0693. The second-order valence-electron chi connectivity index (χ2n) is 4.38. The lowest BCUT2D eigenvalue weighted by molar-refractivity contribution is -0.115. The maximum atomic E-state index is 11.8. The van der Waals surface area contributed by atoms with Crippen molar-refractivity contribution in [3.05, 3.63) is 46.8 Å². The average molecular weight is 300 g/mol. The summed E-state index contributed by atoms with van der Waals surface area (Å²) < 4.78 is 0. The normalized spacial score (nSPS) is 10.5. The zero-order chi connectivity index (χ0) is 14.7. The summed E-state index contributed by atoms with van der Waals surface area (Å²) in [5.41, 5.74) is 1.57. The first-order valence-electron chi connectivity index (χ1n) is 6.27. The van der Waals surface area contributed by atoms with Crippen LogP contribution in [-0.4, -0.2) is 28.6 Å². The monoisotopic (exact) mass is 300 g/mol. The number of rotatable bonds is 4. The van der Waals surface area contributed by atoms with Crippen molar-refractivity contribution in [2.45, 2.75) is 0 Å². The predicted octanol–water partition coefficient (Wildman–Crippen LogP) is 1.99. The van der Waals surface area contributed by atoms with Crippen LogP contribution in [0.3, 0.4) is 0 Å². The van der Waals surface area contributed by atoms with Crippen molar-refractivity contribution in [2.24, 2.45) is 0 Å². The van der Waals surface area contributed by atoms with Crippen molar-refractivity contribution < 1.29 is 9.59 Å². The molecular formula is C14H12N4O2S. The Labute approximate surface area is 124 Å². The van der Waals surface area contributed by atoms with Gasteiger partial charge in [0.05, 0.1) is 23.1 Å². The lowest BCUT2D eigenvalue weighted by Gasteiger charge is -2.06. The van der Waals surface area contributed by atoms with Crippen LogP contribution >= 0.6 is 11.3 Å². The average Bonchev–Trinajstić information content (AvgIpc) is 3.15. The summed E-state index contributed by atoms with van der Waals surface area (Å²) in [6, 6.07) is 8.93. The Bertz CT molecular complexity index is 779. The number of H-pyrrole nitrogens is 1. The Kier molecular flexibility index (Phi) is 3.65. The zero-order valence-corrected chi connectivity index (χ0v) is 11.7. The maximum absolute atomic E-state index is 11.8. The van der Waals surface area contributed by atoms with E-state index in [9.17, 15) is 9.59 Å². The largest absolute Gasteiger partial charge is 0.342 e.